The Bertz CT molecular complexity index is 221. The van der Waals surface area contributed by atoms with Crippen LogP contribution in [0.3, 0.4) is 0 Å². The summed E-state index contributed by atoms with van der Waals surface area (Å²) in [5, 5.41) is 16.0. The third-order valence-corrected chi connectivity index (χ3v) is 1.26. The molecule has 1 aromatic heterocycles. The normalized spacial score (nSPS) is 13.3. The average Bonchev–Trinajstić information content (AvgIpc) is 2.31. The van der Waals surface area contributed by atoms with Gasteiger partial charge in [-0.05, 0) is 13.3 Å². The summed E-state index contributed by atoms with van der Waals surface area (Å²) in [6.45, 7) is 1.71. The highest BCUT2D eigenvalue weighted by molar-refractivity contribution is 5.04. The van der Waals surface area contributed by atoms with Crippen molar-refractivity contribution in [1.82, 2.24) is 10.2 Å². The molecule has 62 valence electrons. The van der Waals surface area contributed by atoms with E-state index < -0.39 is 0 Å². The lowest BCUT2D eigenvalue weighted by Gasteiger charge is -1.98. The third kappa shape index (κ3) is 2.55. The van der Waals surface area contributed by atoms with Crippen molar-refractivity contribution in [2.45, 2.75) is 25.9 Å². The molecule has 0 aliphatic rings. The number of nitrogen functional groups attached to an aromatic ring is 1. The Kier molecular flexibility index (Phi) is 2.43. The number of nitrogens with zero attached hydrogens (tertiary/aromatic N) is 2. The number of aromatic nitrogens is 2. The number of hydrogen-bond acceptors (Lipinski definition) is 5. The first kappa shape index (κ1) is 8.00. The second-order valence-corrected chi connectivity index (χ2v) is 2.42. The van der Waals surface area contributed by atoms with Gasteiger partial charge >= 0.3 is 6.01 Å². The number of anilines is 1. The van der Waals surface area contributed by atoms with Gasteiger partial charge in [-0.1, -0.05) is 5.10 Å². The number of nitrogens with two attached hydrogens (primary N) is 1. The molecule has 5 heteroatoms. The van der Waals surface area contributed by atoms with Gasteiger partial charge in [-0.2, -0.15) is 0 Å². The van der Waals surface area contributed by atoms with E-state index in [2.05, 4.69) is 10.2 Å². The van der Waals surface area contributed by atoms with E-state index in [9.17, 15) is 0 Å². The van der Waals surface area contributed by atoms with Gasteiger partial charge in [0.2, 0.25) is 5.89 Å². The van der Waals surface area contributed by atoms with Crippen LogP contribution in [-0.2, 0) is 6.42 Å². The number of rotatable bonds is 3. The predicted octanol–water partition coefficient (Wildman–Crippen LogP) is -0.0348. The SMILES string of the molecule is CC(O)CCc1nnc(N)o1. The third-order valence-electron chi connectivity index (χ3n) is 1.26. The maximum absolute atomic E-state index is 8.90. The summed E-state index contributed by atoms with van der Waals surface area (Å²) in [7, 11) is 0. The molecular weight excluding hydrogens is 146 g/mol. The fraction of sp³-hybridized carbons (Fsp3) is 0.667. The second kappa shape index (κ2) is 3.34. The maximum atomic E-state index is 8.90. The van der Waals surface area contributed by atoms with Gasteiger partial charge in [0.05, 0.1) is 6.10 Å². The fourth-order valence-electron chi connectivity index (χ4n) is 0.700. The van der Waals surface area contributed by atoms with E-state index in [4.69, 9.17) is 15.3 Å². The standard InChI is InChI=1S/C6H11N3O2/c1-4(10)2-3-5-8-9-6(7)11-5/h4,10H,2-3H2,1H3,(H2,7,9). The molecule has 0 radical (unpaired) electrons. The average molecular weight is 157 g/mol. The minimum Gasteiger partial charge on any atom is -0.408 e. The first-order chi connectivity index (χ1) is 5.18. The highest BCUT2D eigenvalue weighted by atomic mass is 16.4. The molecule has 1 unspecified atom stereocenters. The van der Waals surface area contributed by atoms with Crippen molar-refractivity contribution in [1.29, 1.82) is 0 Å². The van der Waals surface area contributed by atoms with Gasteiger partial charge < -0.3 is 15.3 Å². The molecule has 3 N–H and O–H groups in total. The fourth-order valence-corrected chi connectivity index (χ4v) is 0.700. The van der Waals surface area contributed by atoms with Crippen molar-refractivity contribution < 1.29 is 9.52 Å². The van der Waals surface area contributed by atoms with Crippen LogP contribution in [-0.4, -0.2) is 21.4 Å². The molecular formula is C6H11N3O2. The quantitative estimate of drug-likeness (QED) is 0.643. The molecule has 0 aliphatic carbocycles. The molecule has 0 saturated carbocycles. The van der Waals surface area contributed by atoms with Crippen LogP contribution in [0.5, 0.6) is 0 Å². The van der Waals surface area contributed by atoms with Crippen molar-refractivity contribution in [2.24, 2.45) is 0 Å². The van der Waals surface area contributed by atoms with Crippen molar-refractivity contribution in [3.63, 3.8) is 0 Å². The lowest BCUT2D eigenvalue weighted by atomic mass is 10.2. The van der Waals surface area contributed by atoms with Crippen LogP contribution >= 0.6 is 0 Å². The van der Waals surface area contributed by atoms with E-state index in [-0.39, 0.29) is 12.1 Å². The molecule has 0 saturated heterocycles. The Morgan fingerprint density at radius 1 is 1.64 bits per heavy atom. The Morgan fingerprint density at radius 2 is 2.36 bits per heavy atom. The monoisotopic (exact) mass is 157 g/mol. The Hall–Kier alpha value is -1.10. The van der Waals surface area contributed by atoms with Gasteiger partial charge in [0.1, 0.15) is 0 Å². The molecule has 11 heavy (non-hydrogen) atoms. The van der Waals surface area contributed by atoms with Gasteiger partial charge in [0.15, 0.2) is 0 Å². The zero-order chi connectivity index (χ0) is 8.27. The summed E-state index contributed by atoms with van der Waals surface area (Å²) in [6, 6.07) is 0.0746. The Labute approximate surface area is 64.2 Å². The molecule has 0 aromatic carbocycles. The van der Waals surface area contributed by atoms with Gasteiger partial charge in [-0.25, -0.2) is 0 Å². The molecule has 0 fully saturated rings. The van der Waals surface area contributed by atoms with E-state index in [0.29, 0.717) is 18.7 Å². The Balaban J connectivity index is 2.39. The summed E-state index contributed by atoms with van der Waals surface area (Å²) in [4.78, 5) is 0. The van der Waals surface area contributed by atoms with Crippen molar-refractivity contribution >= 4 is 6.01 Å². The van der Waals surface area contributed by atoms with Crippen molar-refractivity contribution in [2.75, 3.05) is 5.73 Å². The molecule has 0 spiro atoms. The van der Waals surface area contributed by atoms with Crippen molar-refractivity contribution in [3.8, 4) is 0 Å². The number of aryl methyl sites for hydroxylation is 1. The summed E-state index contributed by atoms with van der Waals surface area (Å²) >= 11 is 0. The van der Waals surface area contributed by atoms with Crippen LogP contribution in [0.25, 0.3) is 0 Å². The molecule has 1 rings (SSSR count). The number of hydrogen-bond donors (Lipinski definition) is 2. The van der Waals surface area contributed by atoms with E-state index in [1.807, 2.05) is 0 Å². The molecule has 0 amide bonds. The summed E-state index contributed by atoms with van der Waals surface area (Å²) in [6.07, 6.45) is 0.840. The number of aliphatic hydroxyl groups is 1. The van der Waals surface area contributed by atoms with Crippen LogP contribution in [0.1, 0.15) is 19.2 Å². The lowest BCUT2D eigenvalue weighted by Crippen LogP contribution is -2.01. The topological polar surface area (TPSA) is 85.2 Å². The Morgan fingerprint density at radius 3 is 2.82 bits per heavy atom. The van der Waals surface area contributed by atoms with Crippen LogP contribution in [0.15, 0.2) is 4.42 Å². The van der Waals surface area contributed by atoms with E-state index in [1.165, 1.54) is 0 Å². The zero-order valence-electron chi connectivity index (χ0n) is 6.32. The van der Waals surface area contributed by atoms with Crippen LogP contribution in [0.2, 0.25) is 0 Å². The van der Waals surface area contributed by atoms with Crippen LogP contribution in [0, 0.1) is 0 Å². The van der Waals surface area contributed by atoms with Gasteiger partial charge in [0, 0.05) is 6.42 Å². The predicted molar refractivity (Wildman–Crippen MR) is 38.7 cm³/mol. The molecule has 0 aliphatic heterocycles. The molecule has 5 nitrogen and oxygen atoms in total. The van der Waals surface area contributed by atoms with Gasteiger partial charge in [0.25, 0.3) is 0 Å². The number of aliphatic hydroxyl groups excluding tert-OH is 1. The lowest BCUT2D eigenvalue weighted by molar-refractivity contribution is 0.182. The van der Waals surface area contributed by atoms with E-state index in [1.54, 1.807) is 6.92 Å². The molecule has 0 bridgehead atoms. The molecule has 1 heterocycles. The van der Waals surface area contributed by atoms with Crippen LogP contribution < -0.4 is 5.73 Å². The largest absolute Gasteiger partial charge is 0.408 e. The smallest absolute Gasteiger partial charge is 0.312 e. The molecule has 1 atom stereocenters. The molecule has 1 aromatic rings. The highest BCUT2D eigenvalue weighted by Gasteiger charge is 2.03. The van der Waals surface area contributed by atoms with Gasteiger partial charge in [-0.15, -0.1) is 5.10 Å². The van der Waals surface area contributed by atoms with Crippen molar-refractivity contribution in [3.05, 3.63) is 5.89 Å². The minimum absolute atomic E-state index is 0.0746. The highest BCUT2D eigenvalue weighted by Crippen LogP contribution is 2.04. The first-order valence-electron chi connectivity index (χ1n) is 3.44. The zero-order valence-corrected chi connectivity index (χ0v) is 6.32. The van der Waals surface area contributed by atoms with E-state index >= 15 is 0 Å². The summed E-state index contributed by atoms with van der Waals surface area (Å²) < 4.78 is 4.88. The minimum atomic E-state index is -0.344. The maximum Gasteiger partial charge on any atom is 0.312 e. The summed E-state index contributed by atoms with van der Waals surface area (Å²) in [5.41, 5.74) is 5.18. The summed E-state index contributed by atoms with van der Waals surface area (Å²) in [5.74, 6) is 0.475. The van der Waals surface area contributed by atoms with E-state index in [0.717, 1.165) is 0 Å². The van der Waals surface area contributed by atoms with Crippen LogP contribution in [0.4, 0.5) is 6.01 Å². The van der Waals surface area contributed by atoms with Gasteiger partial charge in [-0.3, -0.25) is 0 Å². The second-order valence-electron chi connectivity index (χ2n) is 2.42. The first-order valence-corrected chi connectivity index (χ1v) is 3.44.